The second-order valence-corrected chi connectivity index (χ2v) is 5.37. The number of fused-ring (bicyclic) bond motifs is 1. The highest BCUT2D eigenvalue weighted by atomic mass is 16.7. The predicted octanol–water partition coefficient (Wildman–Crippen LogP) is 1.71. The van der Waals surface area contributed by atoms with E-state index in [9.17, 15) is 4.79 Å². The summed E-state index contributed by atoms with van der Waals surface area (Å²) in [6.45, 7) is 0.513. The first-order chi connectivity index (χ1) is 12.3. The number of aromatic nitrogens is 3. The number of ether oxygens (including phenoxy) is 2. The minimum absolute atomic E-state index is 0.0772. The highest BCUT2D eigenvalue weighted by Crippen LogP contribution is 2.32. The van der Waals surface area contributed by atoms with Gasteiger partial charge in [0.05, 0.1) is 18.7 Å². The molecule has 0 unspecified atom stereocenters. The van der Waals surface area contributed by atoms with Crippen molar-refractivity contribution in [3.8, 4) is 11.5 Å². The molecule has 0 fully saturated rings. The molecule has 8 heteroatoms. The van der Waals surface area contributed by atoms with Gasteiger partial charge in [0.25, 0.3) is 0 Å². The fourth-order valence-corrected chi connectivity index (χ4v) is 2.39. The zero-order valence-electron chi connectivity index (χ0n) is 13.1. The first-order valence-corrected chi connectivity index (χ1v) is 7.67. The molecule has 8 nitrogen and oxygen atoms in total. The van der Waals surface area contributed by atoms with Crippen LogP contribution in [0.3, 0.4) is 0 Å². The molecule has 0 saturated heterocycles. The Morgan fingerprint density at radius 2 is 2.04 bits per heavy atom. The average Bonchev–Trinajstić information content (AvgIpc) is 3.29. The van der Waals surface area contributed by atoms with Crippen LogP contribution < -0.4 is 14.8 Å². The molecule has 3 heterocycles. The third-order valence-electron chi connectivity index (χ3n) is 3.61. The molecule has 1 amide bonds. The smallest absolute Gasteiger partial charge is 0.309 e. The van der Waals surface area contributed by atoms with E-state index in [0.29, 0.717) is 30.4 Å². The van der Waals surface area contributed by atoms with E-state index < -0.39 is 5.91 Å². The Hall–Kier alpha value is -3.42. The number of pyridine rings is 1. The van der Waals surface area contributed by atoms with Crippen molar-refractivity contribution in [1.82, 2.24) is 20.5 Å². The molecule has 1 N–H and O–H groups in total. The maximum absolute atomic E-state index is 12.1. The maximum atomic E-state index is 12.1. The van der Waals surface area contributed by atoms with Gasteiger partial charge in [0.1, 0.15) is 0 Å². The number of hydrogen-bond donors (Lipinski definition) is 1. The van der Waals surface area contributed by atoms with E-state index in [4.69, 9.17) is 13.9 Å². The van der Waals surface area contributed by atoms with Gasteiger partial charge in [-0.3, -0.25) is 9.78 Å². The van der Waals surface area contributed by atoms with Gasteiger partial charge in [-0.05, 0) is 29.8 Å². The van der Waals surface area contributed by atoms with Crippen molar-refractivity contribution < 1.29 is 18.7 Å². The topological polar surface area (TPSA) is 99.4 Å². The molecule has 0 saturated carbocycles. The van der Waals surface area contributed by atoms with Gasteiger partial charge in [-0.25, -0.2) is 0 Å². The van der Waals surface area contributed by atoms with Crippen molar-refractivity contribution in [2.45, 2.75) is 13.0 Å². The zero-order chi connectivity index (χ0) is 17.1. The minimum Gasteiger partial charge on any atom is -0.454 e. The van der Waals surface area contributed by atoms with Gasteiger partial charge in [-0.2, -0.15) is 0 Å². The summed E-state index contributed by atoms with van der Waals surface area (Å²) >= 11 is 0. The van der Waals surface area contributed by atoms with Gasteiger partial charge < -0.3 is 19.2 Å². The molecule has 0 atom stereocenters. The second-order valence-electron chi connectivity index (χ2n) is 5.37. The third-order valence-corrected chi connectivity index (χ3v) is 3.61. The molecule has 1 aliphatic rings. The summed E-state index contributed by atoms with van der Waals surface area (Å²) in [6.07, 6.45) is 2.06. The van der Waals surface area contributed by atoms with E-state index in [1.54, 1.807) is 6.20 Å². The van der Waals surface area contributed by atoms with E-state index in [1.807, 2.05) is 36.4 Å². The Kier molecular flexibility index (Phi) is 3.99. The SMILES string of the molecule is O=C(NCc1ccccn1)c1nnc(Cc2ccc3c(c2)OCO3)o1. The van der Waals surface area contributed by atoms with Crippen LogP contribution >= 0.6 is 0 Å². The summed E-state index contributed by atoms with van der Waals surface area (Å²) in [5.74, 6) is 1.23. The highest BCUT2D eigenvalue weighted by Gasteiger charge is 2.17. The maximum Gasteiger partial charge on any atom is 0.309 e. The molecule has 3 aromatic rings. The third kappa shape index (κ3) is 3.42. The van der Waals surface area contributed by atoms with E-state index in [1.165, 1.54) is 0 Å². The summed E-state index contributed by atoms with van der Waals surface area (Å²) in [5, 5.41) is 10.4. The van der Waals surface area contributed by atoms with Crippen molar-refractivity contribution >= 4 is 5.91 Å². The van der Waals surface area contributed by atoms with Crippen LogP contribution in [0.5, 0.6) is 11.5 Å². The molecule has 0 bridgehead atoms. The molecule has 25 heavy (non-hydrogen) atoms. The van der Waals surface area contributed by atoms with Crippen LogP contribution in [0.2, 0.25) is 0 Å². The van der Waals surface area contributed by atoms with Crippen LogP contribution in [-0.4, -0.2) is 27.9 Å². The number of nitrogens with zero attached hydrogens (tertiary/aromatic N) is 3. The average molecular weight is 338 g/mol. The lowest BCUT2D eigenvalue weighted by Crippen LogP contribution is -2.23. The quantitative estimate of drug-likeness (QED) is 0.756. The predicted molar refractivity (Wildman–Crippen MR) is 85.1 cm³/mol. The van der Waals surface area contributed by atoms with E-state index in [-0.39, 0.29) is 12.7 Å². The number of carbonyl (C=O) groups is 1. The summed E-state index contributed by atoms with van der Waals surface area (Å²) in [6, 6.07) is 11.1. The van der Waals surface area contributed by atoms with Gasteiger partial charge in [0.2, 0.25) is 12.7 Å². The van der Waals surface area contributed by atoms with Gasteiger partial charge in [-0.1, -0.05) is 12.1 Å². The molecule has 0 radical (unpaired) electrons. The van der Waals surface area contributed by atoms with Crippen LogP contribution in [-0.2, 0) is 13.0 Å². The Morgan fingerprint density at radius 3 is 2.92 bits per heavy atom. The molecule has 1 aromatic carbocycles. The fourth-order valence-electron chi connectivity index (χ4n) is 2.39. The molecule has 4 rings (SSSR count). The Bertz CT molecular complexity index is 895. The van der Waals surface area contributed by atoms with Crippen molar-refractivity contribution in [3.63, 3.8) is 0 Å². The summed E-state index contributed by atoms with van der Waals surface area (Å²) in [5.41, 5.74) is 1.67. The largest absolute Gasteiger partial charge is 0.454 e. The normalized spacial score (nSPS) is 12.2. The molecular formula is C17H14N4O4. The Morgan fingerprint density at radius 1 is 1.12 bits per heavy atom. The summed E-state index contributed by atoms with van der Waals surface area (Å²) in [4.78, 5) is 16.2. The lowest BCUT2D eigenvalue weighted by Gasteiger charge is -2.01. The number of hydrogen-bond acceptors (Lipinski definition) is 7. The second kappa shape index (κ2) is 6.60. The summed E-state index contributed by atoms with van der Waals surface area (Å²) in [7, 11) is 0. The van der Waals surface area contributed by atoms with Gasteiger partial charge in [0.15, 0.2) is 11.5 Å². The molecule has 2 aromatic heterocycles. The highest BCUT2D eigenvalue weighted by molar-refractivity contribution is 5.89. The van der Waals surface area contributed by atoms with Crippen molar-refractivity contribution in [2.24, 2.45) is 0 Å². The van der Waals surface area contributed by atoms with Crippen molar-refractivity contribution in [2.75, 3.05) is 6.79 Å². The first-order valence-electron chi connectivity index (χ1n) is 7.67. The number of rotatable bonds is 5. The van der Waals surface area contributed by atoms with Crippen LogP contribution in [0.1, 0.15) is 27.8 Å². The van der Waals surface area contributed by atoms with Crippen LogP contribution in [0, 0.1) is 0 Å². The lowest BCUT2D eigenvalue weighted by molar-refractivity contribution is 0.0914. The van der Waals surface area contributed by atoms with E-state index in [0.717, 1.165) is 11.3 Å². The summed E-state index contributed by atoms with van der Waals surface area (Å²) < 4.78 is 16.0. The zero-order valence-corrected chi connectivity index (χ0v) is 13.1. The number of nitrogens with one attached hydrogen (secondary N) is 1. The molecule has 126 valence electrons. The van der Waals surface area contributed by atoms with E-state index >= 15 is 0 Å². The van der Waals surface area contributed by atoms with Crippen LogP contribution in [0.15, 0.2) is 47.0 Å². The van der Waals surface area contributed by atoms with Gasteiger partial charge >= 0.3 is 11.8 Å². The number of benzene rings is 1. The Labute approximate surface area is 142 Å². The first kappa shape index (κ1) is 15.1. The monoisotopic (exact) mass is 338 g/mol. The lowest BCUT2D eigenvalue weighted by atomic mass is 10.1. The van der Waals surface area contributed by atoms with Gasteiger partial charge in [-0.15, -0.1) is 10.2 Å². The standard InChI is InChI=1S/C17H14N4O4/c22-16(19-9-12-3-1-2-6-18-12)17-21-20-15(25-17)8-11-4-5-13-14(7-11)24-10-23-13/h1-7H,8-10H2,(H,19,22). The fraction of sp³-hybridized carbons (Fsp3) is 0.176. The molecule has 0 aliphatic carbocycles. The Balaban J connectivity index is 1.39. The van der Waals surface area contributed by atoms with Gasteiger partial charge in [0, 0.05) is 6.20 Å². The minimum atomic E-state index is -0.435. The van der Waals surface area contributed by atoms with E-state index in [2.05, 4.69) is 20.5 Å². The van der Waals surface area contributed by atoms with Crippen molar-refractivity contribution in [1.29, 1.82) is 0 Å². The molecular weight excluding hydrogens is 324 g/mol. The number of amides is 1. The number of carbonyl (C=O) groups excluding carboxylic acids is 1. The van der Waals surface area contributed by atoms with Crippen molar-refractivity contribution in [3.05, 3.63) is 65.6 Å². The molecule has 1 aliphatic heterocycles. The van der Waals surface area contributed by atoms with Crippen LogP contribution in [0.25, 0.3) is 0 Å². The van der Waals surface area contributed by atoms with Crippen LogP contribution in [0.4, 0.5) is 0 Å². The molecule has 0 spiro atoms.